The van der Waals surface area contributed by atoms with Crippen molar-refractivity contribution in [1.82, 2.24) is 10.2 Å². The summed E-state index contributed by atoms with van der Waals surface area (Å²) in [5.74, 6) is -0.353. The normalized spacial score (nSPS) is 16.2. The van der Waals surface area contributed by atoms with E-state index in [-0.39, 0.29) is 16.5 Å². The van der Waals surface area contributed by atoms with Crippen LogP contribution in [-0.2, 0) is 16.2 Å². The lowest BCUT2D eigenvalue weighted by Gasteiger charge is -2.23. The number of aromatic nitrogens is 2. The van der Waals surface area contributed by atoms with Crippen LogP contribution in [0.4, 0.5) is 5.13 Å². The van der Waals surface area contributed by atoms with E-state index >= 15 is 0 Å². The summed E-state index contributed by atoms with van der Waals surface area (Å²) in [6.45, 7) is 6.69. The van der Waals surface area contributed by atoms with E-state index < -0.39 is 17.7 Å². The molecule has 0 radical (unpaired) electrons. The highest BCUT2D eigenvalue weighted by Crippen LogP contribution is 2.45. The minimum absolute atomic E-state index is 0.0626. The number of ketones is 1. The van der Waals surface area contributed by atoms with Gasteiger partial charge in [-0.3, -0.25) is 14.5 Å². The van der Waals surface area contributed by atoms with Gasteiger partial charge in [-0.25, -0.2) is 0 Å². The molecule has 0 spiro atoms. The van der Waals surface area contributed by atoms with E-state index in [9.17, 15) is 14.7 Å². The van der Waals surface area contributed by atoms with Crippen molar-refractivity contribution in [2.24, 2.45) is 0 Å². The van der Waals surface area contributed by atoms with Crippen LogP contribution in [0, 0.1) is 6.92 Å². The lowest BCUT2D eigenvalue weighted by Crippen LogP contribution is -2.29. The van der Waals surface area contributed by atoms with E-state index in [4.69, 9.17) is 14.2 Å². The number of anilines is 1. The summed E-state index contributed by atoms with van der Waals surface area (Å²) in [5.41, 5.74) is 1.85. The molecule has 1 aromatic heterocycles. The van der Waals surface area contributed by atoms with E-state index in [1.165, 1.54) is 16.2 Å². The van der Waals surface area contributed by atoms with Crippen LogP contribution in [-0.4, -0.2) is 40.2 Å². The van der Waals surface area contributed by atoms with Gasteiger partial charge < -0.3 is 19.3 Å². The number of carbonyl (C=O) groups excluding carboxylic acids is 2. The predicted molar refractivity (Wildman–Crippen MR) is 155 cm³/mol. The van der Waals surface area contributed by atoms with Crippen LogP contribution in [0.2, 0.25) is 0 Å². The highest BCUT2D eigenvalue weighted by molar-refractivity contribution is 7.15. The molecule has 1 N–H and O–H groups in total. The number of nitrogens with zero attached hydrogens (tertiary/aromatic N) is 3. The summed E-state index contributed by atoms with van der Waals surface area (Å²) >= 11 is 1.18. The van der Waals surface area contributed by atoms with Crippen LogP contribution in [0.25, 0.3) is 5.76 Å². The lowest BCUT2D eigenvalue weighted by molar-refractivity contribution is -0.132. The fourth-order valence-electron chi connectivity index (χ4n) is 4.58. The van der Waals surface area contributed by atoms with E-state index in [0.29, 0.717) is 53.2 Å². The Bertz CT molecular complexity index is 1580. The Morgan fingerprint density at radius 3 is 2.29 bits per heavy atom. The Labute approximate surface area is 241 Å². The van der Waals surface area contributed by atoms with Gasteiger partial charge >= 0.3 is 5.91 Å². The van der Waals surface area contributed by atoms with E-state index in [1.807, 2.05) is 44.2 Å². The van der Waals surface area contributed by atoms with Crippen molar-refractivity contribution in [3.8, 4) is 17.2 Å². The van der Waals surface area contributed by atoms with Gasteiger partial charge in [-0.2, -0.15) is 0 Å². The summed E-state index contributed by atoms with van der Waals surface area (Å²) in [6.07, 6.45) is 0. The number of aliphatic hydroxyl groups is 1. The van der Waals surface area contributed by atoms with Gasteiger partial charge in [-0.05, 0) is 68.3 Å². The van der Waals surface area contributed by atoms with Gasteiger partial charge in [0.05, 0.1) is 24.8 Å². The third kappa shape index (κ3) is 5.78. The monoisotopic (exact) mass is 571 g/mol. The molecule has 1 unspecified atom stereocenters. The SMILES string of the molecule is CCOc1ccc(/C(O)=C2\C(=O)C(=O)N(c3nnc(C)s3)C2c2ccc(OCc3ccccc3)c(OCC)c2)cc1. The van der Waals surface area contributed by atoms with Crippen LogP contribution >= 0.6 is 11.3 Å². The smallest absolute Gasteiger partial charge is 0.301 e. The van der Waals surface area contributed by atoms with Gasteiger partial charge in [0.1, 0.15) is 23.1 Å². The molecule has 9 nitrogen and oxygen atoms in total. The molecule has 5 rings (SSSR count). The Hall–Kier alpha value is -4.70. The second-order valence-corrected chi connectivity index (χ2v) is 10.3. The topological polar surface area (TPSA) is 111 Å². The number of amides is 1. The van der Waals surface area contributed by atoms with Gasteiger partial charge in [0.2, 0.25) is 5.13 Å². The minimum Gasteiger partial charge on any atom is -0.507 e. The third-order valence-electron chi connectivity index (χ3n) is 6.43. The first-order chi connectivity index (χ1) is 19.9. The third-order valence-corrected chi connectivity index (χ3v) is 7.26. The van der Waals surface area contributed by atoms with Crippen molar-refractivity contribution in [3.63, 3.8) is 0 Å². The Morgan fingerprint density at radius 1 is 0.902 bits per heavy atom. The van der Waals surface area contributed by atoms with E-state index in [1.54, 1.807) is 49.4 Å². The fourth-order valence-corrected chi connectivity index (χ4v) is 5.29. The molecule has 1 atom stereocenters. The number of ether oxygens (including phenoxy) is 3. The fraction of sp³-hybridized carbons (Fsp3) is 0.226. The van der Waals surface area contributed by atoms with Crippen LogP contribution in [0.5, 0.6) is 17.2 Å². The molecule has 2 heterocycles. The molecule has 0 aliphatic carbocycles. The number of carbonyl (C=O) groups is 2. The molecule has 1 aliphatic rings. The lowest BCUT2D eigenvalue weighted by atomic mass is 9.95. The van der Waals surface area contributed by atoms with Crippen molar-refractivity contribution in [2.45, 2.75) is 33.4 Å². The number of hydrogen-bond acceptors (Lipinski definition) is 9. The van der Waals surface area contributed by atoms with Crippen molar-refractivity contribution < 1.29 is 28.9 Å². The van der Waals surface area contributed by atoms with Crippen LogP contribution < -0.4 is 19.1 Å². The summed E-state index contributed by atoms with van der Waals surface area (Å²) in [4.78, 5) is 28.2. The Balaban J connectivity index is 1.60. The number of aliphatic hydroxyl groups excluding tert-OH is 1. The molecule has 3 aromatic carbocycles. The quantitative estimate of drug-likeness (QED) is 0.143. The second-order valence-electron chi connectivity index (χ2n) is 9.14. The van der Waals surface area contributed by atoms with Crippen molar-refractivity contribution in [1.29, 1.82) is 0 Å². The molecule has 1 saturated heterocycles. The summed E-state index contributed by atoms with van der Waals surface area (Å²) in [5, 5.41) is 20.5. The summed E-state index contributed by atoms with van der Waals surface area (Å²) in [6, 6.07) is 20.7. The zero-order chi connectivity index (χ0) is 28.9. The number of Topliss-reactive ketones (excluding diaryl/α,β-unsaturated/α-hetero) is 1. The van der Waals surface area contributed by atoms with Crippen molar-refractivity contribution >= 4 is 33.9 Å². The molecule has 1 amide bonds. The molecule has 10 heteroatoms. The molecule has 1 aliphatic heterocycles. The Morgan fingerprint density at radius 2 is 1.63 bits per heavy atom. The maximum absolute atomic E-state index is 13.5. The minimum atomic E-state index is -0.976. The molecular formula is C31H29N3O6S. The number of rotatable bonds is 10. The van der Waals surface area contributed by atoms with Gasteiger partial charge in [-0.1, -0.05) is 47.7 Å². The van der Waals surface area contributed by atoms with Gasteiger partial charge in [-0.15, -0.1) is 10.2 Å². The molecule has 0 bridgehead atoms. The van der Waals surface area contributed by atoms with Gasteiger partial charge in [0.25, 0.3) is 5.78 Å². The Kier molecular flexibility index (Phi) is 8.30. The molecule has 1 fully saturated rings. The molecule has 0 saturated carbocycles. The number of benzene rings is 3. The van der Waals surface area contributed by atoms with Crippen molar-refractivity contribution in [2.75, 3.05) is 18.1 Å². The summed E-state index contributed by atoms with van der Waals surface area (Å²) in [7, 11) is 0. The number of aryl methyl sites for hydroxylation is 1. The van der Waals surface area contributed by atoms with Gasteiger partial charge in [0, 0.05) is 5.56 Å². The average molecular weight is 572 g/mol. The highest BCUT2D eigenvalue weighted by atomic mass is 32.1. The van der Waals surface area contributed by atoms with E-state index in [0.717, 1.165) is 5.56 Å². The number of hydrogen-bond donors (Lipinski definition) is 1. The first kappa shape index (κ1) is 27.9. The zero-order valence-electron chi connectivity index (χ0n) is 22.9. The average Bonchev–Trinajstić information content (AvgIpc) is 3.53. The largest absolute Gasteiger partial charge is 0.507 e. The first-order valence-electron chi connectivity index (χ1n) is 13.2. The van der Waals surface area contributed by atoms with Crippen molar-refractivity contribution in [3.05, 3.63) is 100 Å². The molecule has 41 heavy (non-hydrogen) atoms. The van der Waals surface area contributed by atoms with Gasteiger partial charge in [0.15, 0.2) is 11.5 Å². The maximum atomic E-state index is 13.5. The van der Waals surface area contributed by atoms with Crippen LogP contribution in [0.15, 0.2) is 78.4 Å². The first-order valence-corrected chi connectivity index (χ1v) is 14.0. The van der Waals surface area contributed by atoms with Crippen LogP contribution in [0.1, 0.15) is 41.6 Å². The van der Waals surface area contributed by atoms with Crippen LogP contribution in [0.3, 0.4) is 0 Å². The second kappa shape index (κ2) is 12.2. The predicted octanol–water partition coefficient (Wildman–Crippen LogP) is 5.85. The molecule has 210 valence electrons. The maximum Gasteiger partial charge on any atom is 0.301 e. The van der Waals surface area contributed by atoms with E-state index in [2.05, 4.69) is 10.2 Å². The standard InChI is InChI=1S/C31H29N3O6S/c1-4-38-23-14-11-21(12-15-23)28(35)26-27(34(30(37)29(26)36)31-33-32-19(3)41-31)22-13-16-24(25(17-22)39-5-2)40-18-20-9-7-6-8-10-20/h6-17,27,35H,4-5,18H2,1-3H3/b28-26+. The zero-order valence-corrected chi connectivity index (χ0v) is 23.7. The highest BCUT2D eigenvalue weighted by Gasteiger charge is 2.48. The molecular weight excluding hydrogens is 542 g/mol. The molecule has 4 aromatic rings. The summed E-state index contributed by atoms with van der Waals surface area (Å²) < 4.78 is 17.5.